The molecule has 2 aromatic carbocycles. The number of para-hydroxylation sites is 1. The van der Waals surface area contributed by atoms with Gasteiger partial charge in [-0.25, -0.2) is 4.98 Å². The Morgan fingerprint density at radius 3 is 2.55 bits per heavy atom. The Kier molecular flexibility index (Phi) is 8.10. The molecule has 248 valence electrons. The molecular formula is C37H44N4O6. The summed E-state index contributed by atoms with van der Waals surface area (Å²) in [7, 11) is 0. The minimum absolute atomic E-state index is 0.0485. The average molecular weight is 641 g/mol. The van der Waals surface area contributed by atoms with E-state index in [1.54, 1.807) is 13.8 Å². The van der Waals surface area contributed by atoms with Crippen LogP contribution in [0.3, 0.4) is 0 Å². The molecule has 10 heteroatoms. The Balaban J connectivity index is 1.42. The van der Waals surface area contributed by atoms with Crippen LogP contribution >= 0.6 is 0 Å². The molecule has 4 bridgehead atoms. The predicted octanol–water partition coefficient (Wildman–Crippen LogP) is 5.18. The van der Waals surface area contributed by atoms with Crippen LogP contribution in [-0.4, -0.2) is 46.1 Å². The monoisotopic (exact) mass is 640 g/mol. The third kappa shape index (κ3) is 5.30. The molecule has 5 atom stereocenters. The average Bonchev–Trinajstić information content (AvgIpc) is 3.72. The highest BCUT2D eigenvalue weighted by molar-refractivity contribution is 5.95. The van der Waals surface area contributed by atoms with E-state index in [1.807, 2.05) is 56.3 Å². The van der Waals surface area contributed by atoms with E-state index in [0.717, 1.165) is 54.5 Å². The third-order valence-electron chi connectivity index (χ3n) is 10.4. The molecule has 1 aliphatic carbocycles. The summed E-state index contributed by atoms with van der Waals surface area (Å²) in [5.74, 6) is -0.938. The zero-order valence-corrected chi connectivity index (χ0v) is 27.5. The number of carbonyl (C=O) groups excluding carboxylic acids is 3. The number of aliphatic hydroxyl groups is 1. The van der Waals surface area contributed by atoms with Crippen molar-refractivity contribution in [1.29, 1.82) is 0 Å². The van der Waals surface area contributed by atoms with Gasteiger partial charge in [0.2, 0.25) is 11.8 Å². The molecule has 47 heavy (non-hydrogen) atoms. The number of rotatable bonds is 7. The van der Waals surface area contributed by atoms with Crippen LogP contribution in [0.4, 0.5) is 5.69 Å². The lowest BCUT2D eigenvalue weighted by Gasteiger charge is -2.29. The molecule has 4 heterocycles. The first-order valence-corrected chi connectivity index (χ1v) is 17.1. The Morgan fingerprint density at radius 2 is 1.81 bits per heavy atom. The molecule has 1 aromatic heterocycles. The van der Waals surface area contributed by atoms with Gasteiger partial charge < -0.3 is 30.2 Å². The van der Waals surface area contributed by atoms with Crippen LogP contribution in [0.5, 0.6) is 5.75 Å². The number of fused-ring (bicyclic) bond motifs is 4. The van der Waals surface area contributed by atoms with Crippen molar-refractivity contribution in [2.45, 2.75) is 102 Å². The van der Waals surface area contributed by atoms with Gasteiger partial charge in [0.15, 0.2) is 23.5 Å². The molecule has 1 spiro atoms. The summed E-state index contributed by atoms with van der Waals surface area (Å²) in [6.45, 7) is 7.48. The number of hydrogen-bond acceptors (Lipinski definition) is 8. The SMILES string of the molecule is CC(C)[C@H](O)C(=O)CC1Cc2ccc3c(c2)C2(c4ccccc4N[C@H]2O3)c2oc(nc2C(=O)NC2CCCCC2)[C@H](C(C)C)NC1=O. The number of ketones is 1. The number of hydrogen-bond donors (Lipinski definition) is 4. The van der Waals surface area contributed by atoms with Gasteiger partial charge in [-0.1, -0.05) is 77.3 Å². The van der Waals surface area contributed by atoms with Gasteiger partial charge in [-0.2, -0.15) is 0 Å². The quantitative estimate of drug-likeness (QED) is 0.277. The second-order valence-corrected chi connectivity index (χ2v) is 14.4. The fourth-order valence-corrected chi connectivity index (χ4v) is 7.81. The standard InChI is InChI=1S/C37H44N4O6/c1-19(2)29-35-41-30(34(45)38-23-10-6-5-7-11-23)32(47-35)37-24-12-8-9-13-26(24)39-36(37)46-28-15-14-21(17-25(28)37)16-22(33(44)40-29)18-27(42)31(43)20(3)4/h8-9,12-15,17,19-20,22-23,29,31,36,39,43H,5-7,10-11,16,18H2,1-4H3,(H,38,45)(H,40,44)/t22?,29-,31-,36-,37?/m0/s1. The Bertz CT molecular complexity index is 1710. The van der Waals surface area contributed by atoms with Crippen LogP contribution in [0.15, 0.2) is 46.9 Å². The molecule has 1 fully saturated rings. The predicted molar refractivity (Wildman–Crippen MR) is 175 cm³/mol. The van der Waals surface area contributed by atoms with Crippen LogP contribution < -0.4 is 20.7 Å². The van der Waals surface area contributed by atoms with E-state index in [9.17, 15) is 19.5 Å². The fraction of sp³-hybridized carbons (Fsp3) is 0.514. The van der Waals surface area contributed by atoms with Gasteiger partial charge in [-0.05, 0) is 54.4 Å². The van der Waals surface area contributed by atoms with Crippen molar-refractivity contribution in [2.75, 3.05) is 5.32 Å². The zero-order chi connectivity index (χ0) is 33.0. The number of aromatic nitrogens is 1. The number of benzene rings is 2. The summed E-state index contributed by atoms with van der Waals surface area (Å²) in [5, 5.41) is 20.5. The van der Waals surface area contributed by atoms with Crippen molar-refractivity contribution in [3.05, 3.63) is 76.5 Å². The number of oxazole rings is 1. The highest BCUT2D eigenvalue weighted by Crippen LogP contribution is 2.58. The van der Waals surface area contributed by atoms with Crippen molar-refractivity contribution >= 4 is 23.3 Å². The maximum absolute atomic E-state index is 14.3. The van der Waals surface area contributed by atoms with Crippen LogP contribution in [-0.2, 0) is 21.4 Å². The van der Waals surface area contributed by atoms with E-state index in [1.165, 1.54) is 0 Å². The van der Waals surface area contributed by atoms with E-state index in [4.69, 9.17) is 14.1 Å². The number of nitrogens with zero attached hydrogens (tertiary/aromatic N) is 1. The first kappa shape index (κ1) is 31.4. The lowest BCUT2D eigenvalue weighted by molar-refractivity contribution is -0.135. The summed E-state index contributed by atoms with van der Waals surface area (Å²) in [4.78, 5) is 46.3. The molecule has 3 aromatic rings. The number of anilines is 1. The summed E-state index contributed by atoms with van der Waals surface area (Å²) >= 11 is 0. The highest BCUT2D eigenvalue weighted by Gasteiger charge is 2.61. The second kappa shape index (κ2) is 12.1. The van der Waals surface area contributed by atoms with Crippen LogP contribution in [0, 0.1) is 17.8 Å². The smallest absolute Gasteiger partial charge is 0.273 e. The maximum Gasteiger partial charge on any atom is 0.273 e. The largest absolute Gasteiger partial charge is 0.469 e. The van der Waals surface area contributed by atoms with Crippen LogP contribution in [0.2, 0.25) is 0 Å². The Labute approximate surface area is 275 Å². The van der Waals surface area contributed by atoms with E-state index < -0.39 is 29.7 Å². The van der Waals surface area contributed by atoms with Gasteiger partial charge in [-0.3, -0.25) is 14.4 Å². The molecule has 4 N–H and O–H groups in total. The van der Waals surface area contributed by atoms with E-state index in [2.05, 4.69) is 16.0 Å². The highest BCUT2D eigenvalue weighted by atomic mass is 16.5. The molecule has 1 saturated carbocycles. The first-order chi connectivity index (χ1) is 22.6. The number of amides is 2. The van der Waals surface area contributed by atoms with Crippen molar-refractivity contribution in [1.82, 2.24) is 15.6 Å². The fourth-order valence-electron chi connectivity index (χ4n) is 7.81. The summed E-state index contributed by atoms with van der Waals surface area (Å²) in [6, 6.07) is 13.1. The number of nitrogens with one attached hydrogen (secondary N) is 3. The van der Waals surface area contributed by atoms with Crippen molar-refractivity contribution in [2.24, 2.45) is 17.8 Å². The first-order valence-electron chi connectivity index (χ1n) is 17.1. The molecule has 7 rings (SSSR count). The molecule has 4 aliphatic rings. The van der Waals surface area contributed by atoms with Gasteiger partial charge in [-0.15, -0.1) is 0 Å². The lowest BCUT2D eigenvalue weighted by Crippen LogP contribution is -2.42. The Morgan fingerprint density at radius 1 is 1.04 bits per heavy atom. The van der Waals surface area contributed by atoms with Crippen molar-refractivity contribution < 1.29 is 28.6 Å². The minimum atomic E-state index is -1.16. The summed E-state index contributed by atoms with van der Waals surface area (Å²) in [5.41, 5.74) is 2.55. The van der Waals surface area contributed by atoms with Gasteiger partial charge in [0.25, 0.3) is 5.91 Å². The maximum atomic E-state index is 14.3. The summed E-state index contributed by atoms with van der Waals surface area (Å²) < 4.78 is 13.4. The molecule has 0 saturated heterocycles. The molecule has 10 nitrogen and oxygen atoms in total. The number of carbonyl (C=O) groups is 3. The van der Waals surface area contributed by atoms with E-state index in [0.29, 0.717) is 11.5 Å². The second-order valence-electron chi connectivity index (χ2n) is 14.4. The molecular weight excluding hydrogens is 596 g/mol. The molecule has 3 aliphatic heterocycles. The number of Topliss-reactive ketones (excluding diaryl/α,β-unsaturated/α-hetero) is 1. The normalized spacial score (nSPS) is 25.5. The molecule has 2 unspecified atom stereocenters. The molecule has 0 radical (unpaired) electrons. The number of ether oxygens (including phenoxy) is 1. The van der Waals surface area contributed by atoms with Crippen LogP contribution in [0.25, 0.3) is 0 Å². The van der Waals surface area contributed by atoms with Crippen molar-refractivity contribution in [3.63, 3.8) is 0 Å². The zero-order valence-electron chi connectivity index (χ0n) is 27.5. The van der Waals surface area contributed by atoms with E-state index in [-0.39, 0.29) is 59.9 Å². The van der Waals surface area contributed by atoms with Crippen molar-refractivity contribution in [3.8, 4) is 5.75 Å². The van der Waals surface area contributed by atoms with Gasteiger partial charge in [0.05, 0.1) is 0 Å². The van der Waals surface area contributed by atoms with Gasteiger partial charge >= 0.3 is 0 Å². The Hall–Kier alpha value is -4.18. The topological polar surface area (TPSA) is 143 Å². The van der Waals surface area contributed by atoms with E-state index >= 15 is 0 Å². The van der Waals surface area contributed by atoms with Gasteiger partial charge in [0, 0.05) is 29.6 Å². The van der Waals surface area contributed by atoms with Gasteiger partial charge in [0.1, 0.15) is 23.3 Å². The lowest BCUT2D eigenvalue weighted by atomic mass is 9.72. The van der Waals surface area contributed by atoms with Crippen LogP contribution in [0.1, 0.15) is 111 Å². The third-order valence-corrected chi connectivity index (χ3v) is 10.4. The minimum Gasteiger partial charge on any atom is -0.469 e. The molecule has 2 amide bonds. The number of aliphatic hydroxyl groups excluding tert-OH is 1. The summed E-state index contributed by atoms with van der Waals surface area (Å²) in [6.07, 6.45) is 3.50.